The fourth-order valence-electron chi connectivity index (χ4n) is 7.36. The molecular weight excluding hydrogens is 937 g/mol. The molecule has 9 rings (SSSR count). The van der Waals surface area contributed by atoms with Gasteiger partial charge in [-0.05, 0) is 54.4 Å². The standard InChI is InChI=1S/C31H20N3O.C19H26GeN.Ir/c1-20-14-19-25-24-10-7-11-26(29(24)35-31(25)32-20)30-33-27-12-5-6-13-28(27)34(30)23-17-15-22(16-18-23)21-8-3-2-4-9-21;1-19(2,3)13-16-12-18(15-10-8-7-9-11-15)21-14-17(16)20(4,5)6;/h2-10,12-19H,1H3;7-10,12,14H,13H2,1-6H3;/q2*-1;. The Morgan fingerprint density at radius 2 is 1.44 bits per heavy atom. The van der Waals surface area contributed by atoms with Gasteiger partial charge < -0.3 is 8.98 Å². The fraction of sp³-hybridized carbons (Fsp3) is 0.180. The van der Waals surface area contributed by atoms with E-state index in [-0.39, 0.29) is 20.1 Å². The number of nitrogens with zero attached hydrogens (tertiary/aromatic N) is 4. The second kappa shape index (κ2) is 16.4. The van der Waals surface area contributed by atoms with Crippen molar-refractivity contribution in [1.29, 1.82) is 0 Å². The van der Waals surface area contributed by atoms with Gasteiger partial charge in [-0.1, -0.05) is 65.5 Å². The van der Waals surface area contributed by atoms with Gasteiger partial charge in [0.1, 0.15) is 0 Å². The number of aromatic nitrogens is 4. The number of aryl methyl sites for hydroxylation is 1. The molecule has 0 bridgehead atoms. The van der Waals surface area contributed by atoms with Crippen LogP contribution < -0.4 is 4.40 Å². The Morgan fingerprint density at radius 3 is 2.16 bits per heavy atom. The molecule has 0 atom stereocenters. The Labute approximate surface area is 352 Å². The van der Waals surface area contributed by atoms with Crippen LogP contribution >= 0.6 is 0 Å². The zero-order valence-corrected chi connectivity index (χ0v) is 38.0. The van der Waals surface area contributed by atoms with E-state index in [2.05, 4.69) is 139 Å². The number of pyridine rings is 2. The van der Waals surface area contributed by atoms with Gasteiger partial charge in [0.25, 0.3) is 0 Å². The Kier molecular flexibility index (Phi) is 11.5. The van der Waals surface area contributed by atoms with Gasteiger partial charge in [0.2, 0.25) is 5.71 Å². The third kappa shape index (κ3) is 8.60. The van der Waals surface area contributed by atoms with Gasteiger partial charge in [0, 0.05) is 36.9 Å². The third-order valence-electron chi connectivity index (χ3n) is 9.96. The summed E-state index contributed by atoms with van der Waals surface area (Å²) < 4.78 is 10.0. The maximum atomic E-state index is 6.29. The summed E-state index contributed by atoms with van der Waals surface area (Å²) in [6.07, 6.45) is 3.24. The average molecular weight is 984 g/mol. The van der Waals surface area contributed by atoms with Crippen LogP contribution in [0.4, 0.5) is 0 Å². The van der Waals surface area contributed by atoms with E-state index in [0.29, 0.717) is 11.1 Å². The molecule has 4 heterocycles. The molecule has 5 nitrogen and oxygen atoms in total. The van der Waals surface area contributed by atoms with Crippen LogP contribution in [-0.2, 0) is 26.5 Å². The van der Waals surface area contributed by atoms with Crippen LogP contribution in [0.15, 0.2) is 144 Å². The molecule has 0 aliphatic heterocycles. The van der Waals surface area contributed by atoms with Crippen LogP contribution in [0.25, 0.3) is 72.6 Å². The van der Waals surface area contributed by atoms with Gasteiger partial charge in [-0.3, -0.25) is 4.98 Å². The summed E-state index contributed by atoms with van der Waals surface area (Å²) in [6.45, 7) is 8.89. The number of fused-ring (bicyclic) bond motifs is 4. The van der Waals surface area contributed by atoms with Gasteiger partial charge >= 0.3 is 132 Å². The minimum absolute atomic E-state index is 0. The van der Waals surface area contributed by atoms with E-state index in [1.165, 1.54) is 21.1 Å². The Morgan fingerprint density at radius 1 is 0.719 bits per heavy atom. The Hall–Kier alpha value is -5.14. The third-order valence-corrected chi connectivity index (χ3v) is 14.3. The molecule has 0 saturated carbocycles. The van der Waals surface area contributed by atoms with Crippen LogP contribution in [0.1, 0.15) is 32.0 Å². The van der Waals surface area contributed by atoms with Crippen molar-refractivity contribution in [1.82, 2.24) is 19.5 Å². The molecule has 57 heavy (non-hydrogen) atoms. The van der Waals surface area contributed by atoms with E-state index in [0.717, 1.165) is 67.8 Å². The first kappa shape index (κ1) is 40.1. The molecule has 9 aromatic rings. The Balaban J connectivity index is 0.000000195. The molecule has 0 N–H and O–H groups in total. The van der Waals surface area contributed by atoms with Crippen molar-refractivity contribution in [3.8, 4) is 39.5 Å². The van der Waals surface area contributed by atoms with Crippen LogP contribution in [-0.4, -0.2) is 32.8 Å². The topological polar surface area (TPSA) is 56.7 Å². The molecular formula is C50H46GeIrN4O-2. The van der Waals surface area contributed by atoms with Crippen molar-refractivity contribution in [2.75, 3.05) is 0 Å². The average Bonchev–Trinajstić information content (AvgIpc) is 3.76. The SMILES string of the molecule is CC(C)(C)Cc1cc(-c2[c-]cccc2)nc[c]1[Ge]([CH3])([CH3])[CH3].Cc1ccc2c(n1)oc1c(-c3nc4ccccc4n3-c3ccc(-c4ccccc4)cc3)[c-]ccc12.[Ir]. The second-order valence-electron chi connectivity index (χ2n) is 16.7. The predicted octanol–water partition coefficient (Wildman–Crippen LogP) is 12.4. The summed E-state index contributed by atoms with van der Waals surface area (Å²) in [5.74, 6) is 8.12. The fourth-order valence-corrected chi connectivity index (χ4v) is 10.7. The zero-order valence-electron chi connectivity index (χ0n) is 33.5. The normalized spacial score (nSPS) is 11.7. The number of benzene rings is 5. The molecule has 0 amide bonds. The van der Waals surface area contributed by atoms with Gasteiger partial charge in [0.05, 0.1) is 22.4 Å². The van der Waals surface area contributed by atoms with E-state index in [1.807, 2.05) is 67.6 Å². The smallest absolute Gasteiger partial charge is 0.216 e. The molecule has 4 aromatic heterocycles. The van der Waals surface area contributed by atoms with Gasteiger partial charge in [-0.25, -0.2) is 4.98 Å². The van der Waals surface area contributed by atoms with Crippen molar-refractivity contribution in [3.05, 3.63) is 163 Å². The summed E-state index contributed by atoms with van der Waals surface area (Å²) >= 11 is -1.90. The monoisotopic (exact) mass is 985 g/mol. The Bertz CT molecular complexity index is 2800. The number of hydrogen-bond acceptors (Lipinski definition) is 4. The molecule has 0 fully saturated rings. The molecule has 5 aromatic carbocycles. The minimum Gasteiger partial charge on any atom is -0.486 e. The van der Waals surface area contributed by atoms with E-state index in [9.17, 15) is 0 Å². The van der Waals surface area contributed by atoms with Gasteiger partial charge in [-0.2, -0.15) is 0 Å². The summed E-state index contributed by atoms with van der Waals surface area (Å²) in [4.78, 5) is 14.4. The molecule has 0 aliphatic rings. The summed E-state index contributed by atoms with van der Waals surface area (Å²) in [5.41, 5.74) is 12.4. The van der Waals surface area contributed by atoms with Gasteiger partial charge in [-0.15, -0.1) is 18.2 Å². The molecule has 0 spiro atoms. The number of imidazole rings is 1. The van der Waals surface area contributed by atoms with Crippen molar-refractivity contribution < 1.29 is 24.5 Å². The molecule has 0 aliphatic carbocycles. The van der Waals surface area contributed by atoms with Crippen molar-refractivity contribution in [3.63, 3.8) is 0 Å². The molecule has 0 saturated heterocycles. The van der Waals surface area contributed by atoms with Crippen molar-refractivity contribution in [2.24, 2.45) is 5.41 Å². The second-order valence-corrected chi connectivity index (χ2v) is 27.2. The molecule has 287 valence electrons. The van der Waals surface area contributed by atoms with Crippen LogP contribution in [0.2, 0.25) is 17.3 Å². The maximum absolute atomic E-state index is 6.29. The maximum Gasteiger partial charge on any atom is 0.216 e. The van der Waals surface area contributed by atoms with Crippen LogP contribution in [0.3, 0.4) is 0 Å². The summed E-state index contributed by atoms with van der Waals surface area (Å²) in [6, 6.07) is 52.3. The number of para-hydroxylation sites is 2. The first-order valence-corrected chi connectivity index (χ1v) is 26.6. The summed E-state index contributed by atoms with van der Waals surface area (Å²) in [7, 11) is 0. The van der Waals surface area contributed by atoms with E-state index in [1.54, 1.807) is 0 Å². The quantitative estimate of drug-likeness (QED) is 0.123. The first-order chi connectivity index (χ1) is 26.9. The molecule has 0 unspecified atom stereocenters. The van der Waals surface area contributed by atoms with Crippen LogP contribution in [0.5, 0.6) is 0 Å². The van der Waals surface area contributed by atoms with Crippen molar-refractivity contribution >= 4 is 50.8 Å². The van der Waals surface area contributed by atoms with E-state index >= 15 is 0 Å². The predicted molar refractivity (Wildman–Crippen MR) is 235 cm³/mol. The van der Waals surface area contributed by atoms with E-state index < -0.39 is 13.3 Å². The van der Waals surface area contributed by atoms with Crippen LogP contribution in [0, 0.1) is 24.5 Å². The zero-order chi connectivity index (χ0) is 39.0. The number of hydrogen-bond donors (Lipinski definition) is 0. The first-order valence-electron chi connectivity index (χ1n) is 19.2. The van der Waals surface area contributed by atoms with Crippen molar-refractivity contribution in [2.45, 2.75) is 51.4 Å². The number of rotatable bonds is 6. The molecule has 1 radical (unpaired) electrons. The molecule has 7 heteroatoms. The number of furan rings is 1. The van der Waals surface area contributed by atoms with Gasteiger partial charge in [0.15, 0.2) is 0 Å². The minimum atomic E-state index is -1.90. The largest absolute Gasteiger partial charge is 0.486 e. The van der Waals surface area contributed by atoms with E-state index in [4.69, 9.17) is 14.4 Å². The summed E-state index contributed by atoms with van der Waals surface area (Å²) in [5, 5.41) is 2.01.